The number of likely N-dealkylation sites (tertiary alicyclic amines) is 1. The number of furan rings is 1. The predicted molar refractivity (Wildman–Crippen MR) is 82.6 cm³/mol. The van der Waals surface area contributed by atoms with Gasteiger partial charge >= 0.3 is 0 Å². The van der Waals surface area contributed by atoms with Crippen molar-refractivity contribution >= 4 is 0 Å². The Labute approximate surface area is 132 Å². The zero-order valence-electron chi connectivity index (χ0n) is 13.2. The Bertz CT molecular complexity index is 458. The van der Waals surface area contributed by atoms with E-state index in [0.29, 0.717) is 18.1 Å². The molecule has 0 saturated carbocycles. The van der Waals surface area contributed by atoms with E-state index in [9.17, 15) is 0 Å². The minimum absolute atomic E-state index is 0.407. The third kappa shape index (κ3) is 3.23. The lowest BCUT2D eigenvalue weighted by molar-refractivity contribution is 0.0242. The Morgan fingerprint density at radius 2 is 2.00 bits per heavy atom. The molecule has 0 radical (unpaired) electrons. The number of hydrogen-bond acceptors (Lipinski definition) is 5. The first kappa shape index (κ1) is 14.7. The molecule has 1 aromatic heterocycles. The van der Waals surface area contributed by atoms with E-state index in [-0.39, 0.29) is 0 Å². The van der Waals surface area contributed by atoms with Crippen LogP contribution in [-0.2, 0) is 16.0 Å². The van der Waals surface area contributed by atoms with Crippen LogP contribution in [-0.4, -0.2) is 67.9 Å². The number of nitrogens with zero attached hydrogens (tertiary/aromatic N) is 2. The van der Waals surface area contributed by atoms with Gasteiger partial charge in [0.1, 0.15) is 5.76 Å². The van der Waals surface area contributed by atoms with Crippen LogP contribution >= 0.6 is 0 Å². The van der Waals surface area contributed by atoms with Crippen LogP contribution in [0.25, 0.3) is 0 Å². The maximum absolute atomic E-state index is 6.15. The van der Waals surface area contributed by atoms with Crippen LogP contribution in [0.5, 0.6) is 0 Å². The van der Waals surface area contributed by atoms with Crippen LogP contribution in [0.1, 0.15) is 18.6 Å². The van der Waals surface area contributed by atoms with Gasteiger partial charge in [0.05, 0.1) is 25.5 Å². The molecule has 5 heteroatoms. The Morgan fingerprint density at radius 3 is 2.82 bits per heavy atom. The highest BCUT2D eigenvalue weighted by Gasteiger charge is 2.39. The average molecular weight is 306 g/mol. The highest BCUT2D eigenvalue weighted by Crippen LogP contribution is 2.28. The molecule has 0 aliphatic carbocycles. The fraction of sp³-hybridized carbons (Fsp3) is 0.765. The number of hydrogen-bond donors (Lipinski definition) is 0. The first-order chi connectivity index (χ1) is 10.9. The Balaban J connectivity index is 1.36. The van der Waals surface area contributed by atoms with Crippen molar-refractivity contribution in [1.29, 1.82) is 0 Å². The van der Waals surface area contributed by atoms with Gasteiger partial charge in [-0.25, -0.2) is 0 Å². The van der Waals surface area contributed by atoms with Gasteiger partial charge in [-0.1, -0.05) is 0 Å². The van der Waals surface area contributed by atoms with Gasteiger partial charge in [-0.15, -0.1) is 0 Å². The average Bonchev–Trinajstić information content (AvgIpc) is 3.15. The predicted octanol–water partition coefficient (Wildman–Crippen LogP) is 1.59. The zero-order valence-corrected chi connectivity index (χ0v) is 13.2. The lowest BCUT2D eigenvalue weighted by atomic mass is 10.1. The van der Waals surface area contributed by atoms with Gasteiger partial charge in [-0.3, -0.25) is 9.80 Å². The molecule has 3 saturated heterocycles. The highest BCUT2D eigenvalue weighted by molar-refractivity contribution is 4.99. The van der Waals surface area contributed by atoms with Crippen LogP contribution < -0.4 is 0 Å². The molecule has 0 spiro atoms. The summed E-state index contributed by atoms with van der Waals surface area (Å²) in [5, 5.41) is 0. The number of fused-ring (bicyclic) bond motifs is 1. The summed E-state index contributed by atoms with van der Waals surface area (Å²) in [6.45, 7) is 7.97. The minimum Gasteiger partial charge on any atom is -0.468 e. The molecule has 4 heterocycles. The fourth-order valence-electron chi connectivity index (χ4n) is 4.11. The first-order valence-electron chi connectivity index (χ1n) is 8.56. The monoisotopic (exact) mass is 306 g/mol. The molecule has 0 N–H and O–H groups in total. The first-order valence-corrected chi connectivity index (χ1v) is 8.56. The standard InChI is InChI=1S/C17H26N2O3/c1-2-16(21-6-1)12-18-5-9-22-17-13-19(11-14(17)10-18)15-3-7-20-8-4-15/h1-2,6,14-15,17H,3-5,7-13H2/t14-,17+/m1/s1. The topological polar surface area (TPSA) is 38.1 Å². The quantitative estimate of drug-likeness (QED) is 0.848. The van der Waals surface area contributed by atoms with Crippen LogP contribution in [0.3, 0.4) is 0 Å². The Kier molecular flexibility index (Phi) is 4.48. The maximum Gasteiger partial charge on any atom is 0.117 e. The van der Waals surface area contributed by atoms with Gasteiger partial charge in [-0.2, -0.15) is 0 Å². The number of ether oxygens (including phenoxy) is 2. The molecule has 4 rings (SSSR count). The molecule has 1 aromatic rings. The zero-order chi connectivity index (χ0) is 14.8. The van der Waals surface area contributed by atoms with Crippen molar-refractivity contribution in [2.75, 3.05) is 46.0 Å². The summed E-state index contributed by atoms with van der Waals surface area (Å²) < 4.78 is 17.1. The van der Waals surface area contributed by atoms with Gasteiger partial charge in [0.15, 0.2) is 0 Å². The Morgan fingerprint density at radius 1 is 1.09 bits per heavy atom. The van der Waals surface area contributed by atoms with E-state index >= 15 is 0 Å². The molecule has 0 unspecified atom stereocenters. The molecule has 0 aromatic carbocycles. The van der Waals surface area contributed by atoms with Crippen LogP contribution in [0.15, 0.2) is 22.8 Å². The Hall–Kier alpha value is -0.880. The van der Waals surface area contributed by atoms with Crippen molar-refractivity contribution in [2.45, 2.75) is 31.5 Å². The van der Waals surface area contributed by atoms with Gasteiger partial charge in [0.2, 0.25) is 0 Å². The van der Waals surface area contributed by atoms with Gasteiger partial charge in [-0.05, 0) is 25.0 Å². The van der Waals surface area contributed by atoms with E-state index < -0.39 is 0 Å². The highest BCUT2D eigenvalue weighted by atomic mass is 16.5. The van der Waals surface area contributed by atoms with E-state index in [1.807, 2.05) is 6.07 Å². The molecule has 3 aliphatic heterocycles. The van der Waals surface area contributed by atoms with Crippen molar-refractivity contribution in [3.05, 3.63) is 24.2 Å². The fourth-order valence-corrected chi connectivity index (χ4v) is 4.11. The van der Waals surface area contributed by atoms with Crippen molar-refractivity contribution in [3.8, 4) is 0 Å². The second kappa shape index (κ2) is 6.71. The van der Waals surface area contributed by atoms with Gasteiger partial charge < -0.3 is 13.9 Å². The van der Waals surface area contributed by atoms with Crippen molar-refractivity contribution in [1.82, 2.24) is 9.80 Å². The van der Waals surface area contributed by atoms with Crippen LogP contribution in [0.4, 0.5) is 0 Å². The lowest BCUT2D eigenvalue weighted by Gasteiger charge is -2.31. The second-order valence-electron chi connectivity index (χ2n) is 6.78. The van der Waals surface area contributed by atoms with Crippen molar-refractivity contribution < 1.29 is 13.9 Å². The maximum atomic E-state index is 6.15. The number of rotatable bonds is 3. The normalized spacial score (nSPS) is 32.0. The molecule has 0 bridgehead atoms. The molecule has 2 atom stereocenters. The van der Waals surface area contributed by atoms with Crippen molar-refractivity contribution in [3.63, 3.8) is 0 Å². The van der Waals surface area contributed by atoms with E-state index in [1.54, 1.807) is 6.26 Å². The SMILES string of the molecule is c1coc(CN2CCO[C@H]3CN(C4CCOCC4)C[C@H]3C2)c1. The van der Waals surface area contributed by atoms with E-state index in [4.69, 9.17) is 13.9 Å². The summed E-state index contributed by atoms with van der Waals surface area (Å²) >= 11 is 0. The van der Waals surface area contributed by atoms with E-state index in [0.717, 1.165) is 51.8 Å². The van der Waals surface area contributed by atoms with Gasteiger partial charge in [0.25, 0.3) is 0 Å². The molecule has 122 valence electrons. The molecule has 22 heavy (non-hydrogen) atoms. The summed E-state index contributed by atoms with van der Waals surface area (Å²) in [6, 6.07) is 4.73. The lowest BCUT2D eigenvalue weighted by Crippen LogP contribution is -2.39. The summed E-state index contributed by atoms with van der Waals surface area (Å²) in [4.78, 5) is 5.13. The van der Waals surface area contributed by atoms with Crippen LogP contribution in [0.2, 0.25) is 0 Å². The largest absolute Gasteiger partial charge is 0.468 e. The molecule has 0 amide bonds. The molecule has 3 aliphatic rings. The molecule has 5 nitrogen and oxygen atoms in total. The summed E-state index contributed by atoms with van der Waals surface area (Å²) in [5.74, 6) is 1.68. The van der Waals surface area contributed by atoms with Gasteiger partial charge in [0, 0.05) is 51.4 Å². The van der Waals surface area contributed by atoms with Crippen LogP contribution in [0, 0.1) is 5.92 Å². The molecule has 3 fully saturated rings. The van der Waals surface area contributed by atoms with Crippen molar-refractivity contribution in [2.24, 2.45) is 5.92 Å². The van der Waals surface area contributed by atoms with E-state index in [2.05, 4.69) is 15.9 Å². The van der Waals surface area contributed by atoms with E-state index in [1.165, 1.54) is 19.4 Å². The summed E-state index contributed by atoms with van der Waals surface area (Å²) in [5.41, 5.74) is 0. The third-order valence-electron chi connectivity index (χ3n) is 5.31. The molecular formula is C17H26N2O3. The minimum atomic E-state index is 0.407. The second-order valence-corrected chi connectivity index (χ2v) is 6.78. The smallest absolute Gasteiger partial charge is 0.117 e. The molecular weight excluding hydrogens is 280 g/mol. The summed E-state index contributed by atoms with van der Waals surface area (Å²) in [6.07, 6.45) is 4.52. The third-order valence-corrected chi connectivity index (χ3v) is 5.31. The summed E-state index contributed by atoms with van der Waals surface area (Å²) in [7, 11) is 0.